The first-order valence-corrected chi connectivity index (χ1v) is 10.9. The lowest BCUT2D eigenvalue weighted by Gasteiger charge is -2.39. The molecule has 1 saturated heterocycles. The zero-order valence-corrected chi connectivity index (χ0v) is 19.2. The van der Waals surface area contributed by atoms with Gasteiger partial charge < -0.3 is 10.1 Å². The van der Waals surface area contributed by atoms with Crippen molar-refractivity contribution in [3.8, 4) is 0 Å². The fourth-order valence-electron chi connectivity index (χ4n) is 4.97. The highest BCUT2D eigenvalue weighted by Crippen LogP contribution is 2.36. The van der Waals surface area contributed by atoms with Gasteiger partial charge in [0.15, 0.2) is 0 Å². The van der Waals surface area contributed by atoms with Crippen molar-refractivity contribution in [2.75, 3.05) is 19.6 Å². The molecule has 0 aromatic heterocycles. The van der Waals surface area contributed by atoms with Gasteiger partial charge in [0.05, 0.1) is 0 Å². The Bertz CT molecular complexity index is 784. The SMILES string of the molecule is Cl.Cl.O=CCCC1CCN(Cc2ccccc2)CC1c1ccc2c(c1)CNCCC2. The van der Waals surface area contributed by atoms with Crippen LogP contribution in [0.1, 0.15) is 53.9 Å². The summed E-state index contributed by atoms with van der Waals surface area (Å²) in [4.78, 5) is 13.6. The van der Waals surface area contributed by atoms with Crippen molar-refractivity contribution in [2.45, 2.75) is 51.1 Å². The van der Waals surface area contributed by atoms with E-state index in [2.05, 4.69) is 58.7 Å². The molecule has 2 unspecified atom stereocenters. The number of likely N-dealkylation sites (tertiary alicyclic amines) is 1. The summed E-state index contributed by atoms with van der Waals surface area (Å²) in [6.45, 7) is 5.33. The van der Waals surface area contributed by atoms with Crippen LogP contribution in [0.25, 0.3) is 0 Å². The highest BCUT2D eigenvalue weighted by molar-refractivity contribution is 5.85. The van der Waals surface area contributed by atoms with E-state index < -0.39 is 0 Å². The molecule has 0 aliphatic carbocycles. The number of aldehydes is 1. The first-order chi connectivity index (χ1) is 13.8. The molecule has 2 aromatic rings. The van der Waals surface area contributed by atoms with Gasteiger partial charge in [0, 0.05) is 26.1 Å². The molecule has 0 saturated carbocycles. The second-order valence-electron chi connectivity index (χ2n) is 8.43. The van der Waals surface area contributed by atoms with Crippen molar-refractivity contribution < 1.29 is 4.79 Å². The normalized spacial score (nSPS) is 21.5. The Morgan fingerprint density at radius 1 is 1.07 bits per heavy atom. The maximum Gasteiger partial charge on any atom is 0.120 e. The third-order valence-corrected chi connectivity index (χ3v) is 6.52. The lowest BCUT2D eigenvalue weighted by Crippen LogP contribution is -2.39. The van der Waals surface area contributed by atoms with Crippen LogP contribution < -0.4 is 5.32 Å². The fourth-order valence-corrected chi connectivity index (χ4v) is 4.97. The van der Waals surface area contributed by atoms with E-state index in [4.69, 9.17) is 0 Å². The quantitative estimate of drug-likeness (QED) is 0.619. The van der Waals surface area contributed by atoms with Gasteiger partial charge in [-0.3, -0.25) is 4.90 Å². The van der Waals surface area contributed by atoms with Gasteiger partial charge in [-0.15, -0.1) is 24.8 Å². The molecule has 0 amide bonds. The van der Waals surface area contributed by atoms with Crippen molar-refractivity contribution >= 4 is 31.1 Å². The summed E-state index contributed by atoms with van der Waals surface area (Å²) >= 11 is 0. The van der Waals surface area contributed by atoms with Crippen molar-refractivity contribution in [3.63, 3.8) is 0 Å². The lowest BCUT2D eigenvalue weighted by molar-refractivity contribution is -0.108. The van der Waals surface area contributed by atoms with Gasteiger partial charge in [0.25, 0.3) is 0 Å². The van der Waals surface area contributed by atoms with Crippen LogP contribution in [0, 0.1) is 5.92 Å². The van der Waals surface area contributed by atoms with Gasteiger partial charge >= 0.3 is 0 Å². The topological polar surface area (TPSA) is 32.3 Å². The van der Waals surface area contributed by atoms with Gasteiger partial charge in [0.2, 0.25) is 0 Å². The van der Waals surface area contributed by atoms with E-state index in [1.165, 1.54) is 41.5 Å². The first-order valence-electron chi connectivity index (χ1n) is 10.9. The molecular formula is C25H34Cl2N2O. The fraction of sp³-hybridized carbons (Fsp3) is 0.480. The Morgan fingerprint density at radius 2 is 1.90 bits per heavy atom. The van der Waals surface area contributed by atoms with Crippen molar-refractivity contribution in [2.24, 2.45) is 5.92 Å². The van der Waals surface area contributed by atoms with Crippen molar-refractivity contribution in [3.05, 3.63) is 70.8 Å². The van der Waals surface area contributed by atoms with Crippen LogP contribution in [0.15, 0.2) is 48.5 Å². The Balaban J connectivity index is 0.00000160. The second kappa shape index (κ2) is 12.5. The largest absolute Gasteiger partial charge is 0.313 e. The molecule has 1 fully saturated rings. The predicted molar refractivity (Wildman–Crippen MR) is 129 cm³/mol. The first kappa shape index (κ1) is 24.9. The summed E-state index contributed by atoms with van der Waals surface area (Å²) < 4.78 is 0. The highest BCUT2D eigenvalue weighted by Gasteiger charge is 2.30. The monoisotopic (exact) mass is 448 g/mol. The summed E-state index contributed by atoms with van der Waals surface area (Å²) in [6, 6.07) is 18.0. The number of halogens is 2. The van der Waals surface area contributed by atoms with Gasteiger partial charge in [-0.05, 0) is 72.9 Å². The Morgan fingerprint density at radius 3 is 2.70 bits per heavy atom. The van der Waals surface area contributed by atoms with Gasteiger partial charge in [-0.1, -0.05) is 48.5 Å². The third kappa shape index (κ3) is 6.31. The number of benzene rings is 2. The zero-order valence-electron chi connectivity index (χ0n) is 17.6. The highest BCUT2D eigenvalue weighted by atomic mass is 35.5. The number of rotatable bonds is 6. The number of fused-ring (bicyclic) bond motifs is 1. The summed E-state index contributed by atoms with van der Waals surface area (Å²) in [5.41, 5.74) is 5.84. The smallest absolute Gasteiger partial charge is 0.120 e. The van der Waals surface area contributed by atoms with Crippen LogP contribution in [-0.4, -0.2) is 30.8 Å². The van der Waals surface area contributed by atoms with Crippen molar-refractivity contribution in [1.82, 2.24) is 10.2 Å². The van der Waals surface area contributed by atoms with Crippen LogP contribution in [0.5, 0.6) is 0 Å². The minimum absolute atomic E-state index is 0. The van der Waals surface area contributed by atoms with Crippen LogP contribution in [-0.2, 0) is 24.3 Å². The molecule has 0 spiro atoms. The third-order valence-electron chi connectivity index (χ3n) is 6.52. The Hall–Kier alpha value is -1.39. The van der Waals surface area contributed by atoms with E-state index in [-0.39, 0.29) is 24.8 Å². The molecule has 5 heteroatoms. The second-order valence-corrected chi connectivity index (χ2v) is 8.43. The summed E-state index contributed by atoms with van der Waals surface area (Å²) in [5.74, 6) is 1.12. The molecule has 2 aliphatic heterocycles. The number of piperidine rings is 1. The molecule has 2 atom stereocenters. The van der Waals surface area contributed by atoms with E-state index >= 15 is 0 Å². The standard InChI is InChI=1S/C25H32N2O.2ClH/c28-15-5-9-22-12-14-27(18-20-6-2-1-3-7-20)19-25(22)23-11-10-21-8-4-13-26-17-24(21)16-23;;/h1-3,6-7,10-11,15-16,22,25-26H,4-5,8-9,12-14,17-19H2;2*1H. The van der Waals surface area contributed by atoms with Gasteiger partial charge in [0.1, 0.15) is 6.29 Å². The van der Waals surface area contributed by atoms with Crippen LogP contribution in [0.4, 0.5) is 0 Å². The number of hydrogen-bond donors (Lipinski definition) is 1. The lowest BCUT2D eigenvalue weighted by atomic mass is 9.77. The molecule has 1 N–H and O–H groups in total. The van der Waals surface area contributed by atoms with E-state index in [1.807, 2.05) is 0 Å². The predicted octanol–water partition coefficient (Wildman–Crippen LogP) is 5.15. The molecule has 4 rings (SSSR count). The van der Waals surface area contributed by atoms with Crippen molar-refractivity contribution in [1.29, 1.82) is 0 Å². The number of aryl methyl sites for hydroxylation is 1. The average Bonchev–Trinajstić information content (AvgIpc) is 2.98. The van der Waals surface area contributed by atoms with Gasteiger partial charge in [-0.25, -0.2) is 0 Å². The summed E-state index contributed by atoms with van der Waals surface area (Å²) in [5, 5.41) is 3.56. The van der Waals surface area contributed by atoms with E-state index in [0.29, 0.717) is 18.3 Å². The number of hydrogen-bond acceptors (Lipinski definition) is 3. The molecule has 0 radical (unpaired) electrons. The molecule has 0 bridgehead atoms. The molecule has 2 aromatic carbocycles. The van der Waals surface area contributed by atoms with Crippen LogP contribution >= 0.6 is 24.8 Å². The molecule has 164 valence electrons. The maximum absolute atomic E-state index is 11.0. The minimum atomic E-state index is 0. The molecular weight excluding hydrogens is 415 g/mol. The van der Waals surface area contributed by atoms with Gasteiger partial charge in [-0.2, -0.15) is 0 Å². The average molecular weight is 449 g/mol. The Labute approximate surface area is 193 Å². The molecule has 2 aliphatic rings. The number of nitrogens with zero attached hydrogens (tertiary/aromatic N) is 1. The number of nitrogens with one attached hydrogen (secondary N) is 1. The zero-order chi connectivity index (χ0) is 19.2. The number of carbonyl (C=O) groups is 1. The molecule has 30 heavy (non-hydrogen) atoms. The molecule has 3 nitrogen and oxygen atoms in total. The van der Waals surface area contributed by atoms with Crippen LogP contribution in [0.2, 0.25) is 0 Å². The van der Waals surface area contributed by atoms with Crippen LogP contribution in [0.3, 0.4) is 0 Å². The minimum Gasteiger partial charge on any atom is -0.313 e. The van der Waals surface area contributed by atoms with E-state index in [9.17, 15) is 4.79 Å². The van der Waals surface area contributed by atoms with E-state index in [1.54, 1.807) is 0 Å². The summed E-state index contributed by atoms with van der Waals surface area (Å²) in [7, 11) is 0. The molecule has 2 heterocycles. The number of carbonyl (C=O) groups excluding carboxylic acids is 1. The Kier molecular flexibility index (Phi) is 10.3. The maximum atomic E-state index is 11.0. The van der Waals surface area contributed by atoms with E-state index in [0.717, 1.165) is 45.4 Å². The summed E-state index contributed by atoms with van der Waals surface area (Å²) in [6.07, 6.45) is 6.38.